The Kier molecular flexibility index (Phi) is 9.74. The Hall–Kier alpha value is -3.04. The van der Waals surface area contributed by atoms with Crippen molar-refractivity contribution in [3.05, 3.63) is 34.3 Å². The Morgan fingerprint density at radius 2 is 1.64 bits per heavy atom. The van der Waals surface area contributed by atoms with E-state index in [-0.39, 0.29) is 21.4 Å². The molecule has 2 rings (SSSR count). The van der Waals surface area contributed by atoms with Crippen molar-refractivity contribution in [1.82, 2.24) is 0 Å². The Labute approximate surface area is 202 Å². The summed E-state index contributed by atoms with van der Waals surface area (Å²) in [6.07, 6.45) is 0. The molecule has 0 aromatic heterocycles. The molecule has 0 heterocycles. The zero-order valence-corrected chi connectivity index (χ0v) is 20.4. The first-order valence-corrected chi connectivity index (χ1v) is 10.7. The van der Waals surface area contributed by atoms with Crippen LogP contribution in [-0.4, -0.2) is 45.2 Å². The molecule has 1 N–H and O–H groups in total. The second-order valence-electron chi connectivity index (χ2n) is 6.50. The number of anilines is 1. The lowest BCUT2D eigenvalue weighted by Crippen LogP contribution is -2.31. The smallest absolute Gasteiger partial charge is 0.258 e. The summed E-state index contributed by atoms with van der Waals surface area (Å²) in [5.74, 6) is 0.0846. The lowest BCUT2D eigenvalue weighted by molar-refractivity contribution is -0.126. The standard InChI is InChI=1S/C22H25Cl2N3O6/c1-6-32-15-8-9-16(33-7-2)20(18(15)24)27-26-19(12(3)28)22(29)25-13-10-14(23)21(31-5)17(11-13)30-4/h8-11,19H,6-7H2,1-5H3,(H,25,29). The van der Waals surface area contributed by atoms with Gasteiger partial charge in [-0.25, -0.2) is 0 Å². The molecular weight excluding hydrogens is 473 g/mol. The van der Waals surface area contributed by atoms with Gasteiger partial charge in [-0.05, 0) is 39.0 Å². The van der Waals surface area contributed by atoms with Crippen molar-refractivity contribution in [2.24, 2.45) is 10.2 Å². The molecular formula is C22H25Cl2N3O6. The zero-order valence-electron chi connectivity index (χ0n) is 18.9. The lowest BCUT2D eigenvalue weighted by atomic mass is 10.2. The Balaban J connectivity index is 2.37. The topological polar surface area (TPSA) is 108 Å². The number of hydrogen-bond acceptors (Lipinski definition) is 8. The number of carbonyl (C=O) groups excluding carboxylic acids is 2. The molecule has 2 aromatic carbocycles. The first-order chi connectivity index (χ1) is 15.8. The van der Waals surface area contributed by atoms with Crippen LogP contribution in [0, 0.1) is 0 Å². The third-order valence-corrected chi connectivity index (χ3v) is 4.90. The van der Waals surface area contributed by atoms with Crippen molar-refractivity contribution in [2.75, 3.05) is 32.8 Å². The van der Waals surface area contributed by atoms with E-state index in [1.165, 1.54) is 33.3 Å². The van der Waals surface area contributed by atoms with Gasteiger partial charge >= 0.3 is 0 Å². The normalized spacial score (nSPS) is 11.7. The van der Waals surface area contributed by atoms with Crippen molar-refractivity contribution in [3.8, 4) is 23.0 Å². The molecule has 0 saturated carbocycles. The van der Waals surface area contributed by atoms with Crippen LogP contribution in [0.2, 0.25) is 10.0 Å². The number of ether oxygens (including phenoxy) is 4. The Morgan fingerprint density at radius 3 is 2.21 bits per heavy atom. The molecule has 0 saturated heterocycles. The van der Waals surface area contributed by atoms with E-state index in [2.05, 4.69) is 15.5 Å². The summed E-state index contributed by atoms with van der Waals surface area (Å²) >= 11 is 12.6. The summed E-state index contributed by atoms with van der Waals surface area (Å²) < 4.78 is 21.4. The summed E-state index contributed by atoms with van der Waals surface area (Å²) in [4.78, 5) is 25.0. The monoisotopic (exact) mass is 497 g/mol. The van der Waals surface area contributed by atoms with Gasteiger partial charge in [0, 0.05) is 11.8 Å². The molecule has 0 aliphatic heterocycles. The van der Waals surface area contributed by atoms with Gasteiger partial charge in [-0.3, -0.25) is 9.59 Å². The largest absolute Gasteiger partial charge is 0.493 e. The fourth-order valence-electron chi connectivity index (χ4n) is 2.80. The van der Waals surface area contributed by atoms with Gasteiger partial charge in [-0.15, -0.1) is 5.11 Å². The van der Waals surface area contributed by atoms with E-state index in [0.29, 0.717) is 36.2 Å². The van der Waals surface area contributed by atoms with Crippen molar-refractivity contribution < 1.29 is 28.5 Å². The number of ketones is 1. The summed E-state index contributed by atoms with van der Waals surface area (Å²) in [5, 5.41) is 11.0. The molecule has 1 atom stereocenters. The van der Waals surface area contributed by atoms with E-state index in [4.69, 9.17) is 42.1 Å². The number of hydrogen-bond donors (Lipinski definition) is 1. The molecule has 0 aliphatic rings. The van der Waals surface area contributed by atoms with Crippen molar-refractivity contribution in [2.45, 2.75) is 26.8 Å². The first kappa shape index (κ1) is 26.2. The maximum Gasteiger partial charge on any atom is 0.258 e. The fourth-order valence-corrected chi connectivity index (χ4v) is 3.33. The highest BCUT2D eigenvalue weighted by molar-refractivity contribution is 6.34. The summed E-state index contributed by atoms with van der Waals surface area (Å²) in [5.41, 5.74) is 0.438. The minimum Gasteiger partial charge on any atom is -0.493 e. The average Bonchev–Trinajstić information content (AvgIpc) is 2.77. The SMILES string of the molecule is CCOc1ccc(OCC)c(N=NC(C(C)=O)C(=O)Nc2cc(Cl)c(OC)c(OC)c2)c1Cl. The van der Waals surface area contributed by atoms with Crippen molar-refractivity contribution >= 4 is 46.3 Å². The number of nitrogens with zero attached hydrogens (tertiary/aromatic N) is 2. The van der Waals surface area contributed by atoms with Gasteiger partial charge in [0.15, 0.2) is 17.3 Å². The van der Waals surface area contributed by atoms with Crippen LogP contribution in [0.3, 0.4) is 0 Å². The van der Waals surface area contributed by atoms with Crippen LogP contribution < -0.4 is 24.3 Å². The van der Waals surface area contributed by atoms with Gasteiger partial charge in [0.05, 0.1) is 32.5 Å². The van der Waals surface area contributed by atoms with Crippen LogP contribution in [0.5, 0.6) is 23.0 Å². The van der Waals surface area contributed by atoms with E-state index in [0.717, 1.165) is 0 Å². The fraction of sp³-hybridized carbons (Fsp3) is 0.364. The molecule has 1 unspecified atom stereocenters. The van der Waals surface area contributed by atoms with Crippen LogP contribution >= 0.6 is 23.2 Å². The third-order valence-electron chi connectivity index (χ3n) is 4.25. The van der Waals surface area contributed by atoms with E-state index in [1.54, 1.807) is 19.1 Å². The van der Waals surface area contributed by atoms with Crippen molar-refractivity contribution in [3.63, 3.8) is 0 Å². The average molecular weight is 498 g/mol. The van der Waals surface area contributed by atoms with Crippen LogP contribution in [0.4, 0.5) is 11.4 Å². The number of amides is 1. The Bertz CT molecular complexity index is 1050. The second kappa shape index (κ2) is 12.3. The van der Waals surface area contributed by atoms with Crippen LogP contribution in [0.1, 0.15) is 20.8 Å². The molecule has 11 heteroatoms. The van der Waals surface area contributed by atoms with E-state index >= 15 is 0 Å². The van der Waals surface area contributed by atoms with Gasteiger partial charge in [0.2, 0.25) is 6.04 Å². The number of Topliss-reactive ketones (excluding diaryl/α,β-unsaturated/α-hetero) is 1. The van der Waals surface area contributed by atoms with E-state index in [1.807, 2.05) is 6.92 Å². The minimum absolute atomic E-state index is 0.151. The van der Waals surface area contributed by atoms with Gasteiger partial charge < -0.3 is 24.3 Å². The predicted octanol–water partition coefficient (Wildman–Crippen LogP) is 5.49. The highest BCUT2D eigenvalue weighted by atomic mass is 35.5. The van der Waals surface area contributed by atoms with Gasteiger partial charge in [-0.2, -0.15) is 5.11 Å². The van der Waals surface area contributed by atoms with E-state index < -0.39 is 17.7 Å². The minimum atomic E-state index is -1.45. The van der Waals surface area contributed by atoms with Crippen LogP contribution in [0.15, 0.2) is 34.5 Å². The number of carbonyl (C=O) groups is 2. The number of azo groups is 1. The molecule has 33 heavy (non-hydrogen) atoms. The molecule has 1 amide bonds. The molecule has 9 nitrogen and oxygen atoms in total. The number of nitrogens with one attached hydrogen (secondary N) is 1. The summed E-state index contributed by atoms with van der Waals surface area (Å²) in [6, 6.07) is 4.80. The van der Waals surface area contributed by atoms with Crippen molar-refractivity contribution in [1.29, 1.82) is 0 Å². The second-order valence-corrected chi connectivity index (χ2v) is 7.29. The number of methoxy groups -OCH3 is 2. The lowest BCUT2D eigenvalue weighted by Gasteiger charge is -2.14. The molecule has 0 bridgehead atoms. The number of halogens is 2. The molecule has 2 aromatic rings. The maximum absolute atomic E-state index is 12.8. The van der Waals surface area contributed by atoms with Crippen LogP contribution in [-0.2, 0) is 9.59 Å². The van der Waals surface area contributed by atoms with Crippen LogP contribution in [0.25, 0.3) is 0 Å². The first-order valence-electron chi connectivity index (χ1n) is 9.99. The maximum atomic E-state index is 12.8. The summed E-state index contributed by atoms with van der Waals surface area (Å²) in [7, 11) is 2.87. The van der Waals surface area contributed by atoms with Gasteiger partial charge in [0.1, 0.15) is 22.2 Å². The highest BCUT2D eigenvalue weighted by Crippen LogP contribution is 2.42. The quantitative estimate of drug-likeness (QED) is 0.324. The predicted molar refractivity (Wildman–Crippen MR) is 126 cm³/mol. The third kappa shape index (κ3) is 6.49. The zero-order chi connectivity index (χ0) is 24.5. The molecule has 178 valence electrons. The summed E-state index contributed by atoms with van der Waals surface area (Å²) in [6.45, 7) is 5.57. The van der Waals surface area contributed by atoms with E-state index in [9.17, 15) is 9.59 Å². The Morgan fingerprint density at radius 1 is 1.00 bits per heavy atom. The molecule has 0 aliphatic carbocycles. The van der Waals surface area contributed by atoms with Gasteiger partial charge in [-0.1, -0.05) is 23.2 Å². The molecule has 0 radical (unpaired) electrons. The molecule has 0 spiro atoms. The molecule has 0 fully saturated rings. The number of benzene rings is 2. The highest BCUT2D eigenvalue weighted by Gasteiger charge is 2.25. The van der Waals surface area contributed by atoms with Gasteiger partial charge in [0.25, 0.3) is 5.91 Å². The number of rotatable bonds is 11.